The van der Waals surface area contributed by atoms with Crippen LogP contribution in [0.15, 0.2) is 78.9 Å². The summed E-state index contributed by atoms with van der Waals surface area (Å²) in [7, 11) is 0. The maximum atomic E-state index is 10.1. The van der Waals surface area contributed by atoms with Gasteiger partial charge >= 0.3 is 0 Å². The molecule has 0 saturated heterocycles. The molecule has 0 saturated carbocycles. The predicted octanol–water partition coefficient (Wildman–Crippen LogP) is 4.74. The van der Waals surface area contributed by atoms with Crippen LogP contribution in [0.5, 0.6) is 5.75 Å². The minimum Gasteiger partial charge on any atom is -0.489 e. The first-order chi connectivity index (χ1) is 12.7. The monoisotopic (exact) mass is 367 g/mol. The number of ether oxygens (including phenoxy) is 1. The lowest BCUT2D eigenvalue weighted by atomic mass is 10.1. The molecular weight excluding hydrogens is 346 g/mol. The van der Waals surface area contributed by atoms with Crippen molar-refractivity contribution in [2.24, 2.45) is 0 Å². The third-order valence-electron chi connectivity index (χ3n) is 4.09. The second-order valence-corrected chi connectivity index (χ2v) is 6.55. The van der Waals surface area contributed by atoms with Gasteiger partial charge in [-0.1, -0.05) is 66.2 Å². The van der Waals surface area contributed by atoms with Gasteiger partial charge in [0.2, 0.25) is 0 Å². The molecule has 0 radical (unpaired) electrons. The summed E-state index contributed by atoms with van der Waals surface area (Å²) in [5.41, 5.74) is 3.14. The van der Waals surface area contributed by atoms with Crippen molar-refractivity contribution in [2.75, 3.05) is 6.54 Å². The lowest BCUT2D eigenvalue weighted by Gasteiger charge is -2.12. The second-order valence-electron chi connectivity index (χ2n) is 6.12. The molecule has 0 aliphatic heterocycles. The number of nitrogens with one attached hydrogen (secondary N) is 1. The van der Waals surface area contributed by atoms with Gasteiger partial charge in [0.15, 0.2) is 0 Å². The van der Waals surface area contributed by atoms with Gasteiger partial charge in [-0.25, -0.2) is 0 Å². The average molecular weight is 368 g/mol. The minimum absolute atomic E-state index is 0.502. The van der Waals surface area contributed by atoms with Gasteiger partial charge in [0.25, 0.3) is 0 Å². The van der Waals surface area contributed by atoms with E-state index in [4.69, 9.17) is 16.3 Å². The molecule has 134 valence electrons. The Balaban J connectivity index is 1.43. The largest absolute Gasteiger partial charge is 0.489 e. The highest BCUT2D eigenvalue weighted by Gasteiger charge is 2.06. The molecule has 26 heavy (non-hydrogen) atoms. The number of benzene rings is 3. The summed E-state index contributed by atoms with van der Waals surface area (Å²) in [6.07, 6.45) is -0.502. The van der Waals surface area contributed by atoms with Crippen molar-refractivity contribution in [3.63, 3.8) is 0 Å². The molecule has 4 heteroatoms. The number of aliphatic hydroxyl groups excluding tert-OH is 1. The Labute approximate surface area is 159 Å². The first kappa shape index (κ1) is 18.5. The highest BCUT2D eigenvalue weighted by molar-refractivity contribution is 6.30. The standard InChI is InChI=1S/C22H22ClNO2/c23-20-10-6-18(7-11-20)16-26-21-12-8-17(9-13-21)14-24-15-22(25)19-4-2-1-3-5-19/h1-13,22,24-25H,14-16H2/t22-/m1/s1. The third-order valence-corrected chi connectivity index (χ3v) is 4.35. The van der Waals surface area contributed by atoms with Crippen LogP contribution in [-0.2, 0) is 13.2 Å². The van der Waals surface area contributed by atoms with Crippen LogP contribution in [0.1, 0.15) is 22.8 Å². The maximum absolute atomic E-state index is 10.1. The van der Waals surface area contributed by atoms with Crippen molar-refractivity contribution >= 4 is 11.6 Å². The Hall–Kier alpha value is -2.33. The fraction of sp³-hybridized carbons (Fsp3) is 0.182. The van der Waals surface area contributed by atoms with Crippen LogP contribution in [-0.4, -0.2) is 11.7 Å². The Morgan fingerprint density at radius 1 is 0.846 bits per heavy atom. The van der Waals surface area contributed by atoms with E-state index in [9.17, 15) is 5.11 Å². The smallest absolute Gasteiger partial charge is 0.119 e. The van der Waals surface area contributed by atoms with Crippen molar-refractivity contribution in [1.82, 2.24) is 5.32 Å². The van der Waals surface area contributed by atoms with Crippen LogP contribution < -0.4 is 10.1 Å². The van der Waals surface area contributed by atoms with E-state index in [0.717, 1.165) is 27.5 Å². The van der Waals surface area contributed by atoms with E-state index in [1.807, 2.05) is 78.9 Å². The summed E-state index contributed by atoms with van der Waals surface area (Å²) in [6.45, 7) is 1.72. The topological polar surface area (TPSA) is 41.5 Å². The number of aliphatic hydroxyl groups is 1. The summed E-state index contributed by atoms with van der Waals surface area (Å²) in [4.78, 5) is 0. The van der Waals surface area contributed by atoms with Crippen LogP contribution >= 0.6 is 11.6 Å². The van der Waals surface area contributed by atoms with E-state index >= 15 is 0 Å². The number of hydrogen-bond donors (Lipinski definition) is 2. The summed E-state index contributed by atoms with van der Waals surface area (Å²) < 4.78 is 5.78. The van der Waals surface area contributed by atoms with E-state index in [1.54, 1.807) is 0 Å². The molecule has 1 atom stereocenters. The zero-order chi connectivity index (χ0) is 18.2. The Morgan fingerprint density at radius 3 is 2.19 bits per heavy atom. The van der Waals surface area contributed by atoms with Gasteiger partial charge in [-0.15, -0.1) is 0 Å². The number of halogens is 1. The SMILES string of the molecule is O[C@H](CNCc1ccc(OCc2ccc(Cl)cc2)cc1)c1ccccc1. The fourth-order valence-corrected chi connectivity index (χ4v) is 2.72. The van der Waals surface area contributed by atoms with Crippen LogP contribution in [0.2, 0.25) is 5.02 Å². The summed E-state index contributed by atoms with van der Waals surface area (Å²) in [6, 6.07) is 25.3. The summed E-state index contributed by atoms with van der Waals surface area (Å²) in [5, 5.41) is 14.2. The van der Waals surface area contributed by atoms with Gasteiger partial charge in [0.1, 0.15) is 12.4 Å². The minimum atomic E-state index is -0.502. The van der Waals surface area contributed by atoms with Crippen molar-refractivity contribution in [3.05, 3.63) is 101 Å². The lowest BCUT2D eigenvalue weighted by Crippen LogP contribution is -2.20. The van der Waals surface area contributed by atoms with Gasteiger partial charge in [-0.05, 0) is 41.0 Å². The predicted molar refractivity (Wildman–Crippen MR) is 105 cm³/mol. The van der Waals surface area contributed by atoms with E-state index < -0.39 is 6.10 Å². The molecule has 0 heterocycles. The highest BCUT2D eigenvalue weighted by atomic mass is 35.5. The first-order valence-corrected chi connectivity index (χ1v) is 8.98. The molecule has 3 aromatic carbocycles. The molecule has 0 aliphatic rings. The van der Waals surface area contributed by atoms with Crippen molar-refractivity contribution in [2.45, 2.75) is 19.3 Å². The third kappa shape index (κ3) is 5.60. The lowest BCUT2D eigenvalue weighted by molar-refractivity contribution is 0.174. The van der Waals surface area contributed by atoms with Gasteiger partial charge < -0.3 is 15.2 Å². The number of hydrogen-bond acceptors (Lipinski definition) is 3. The molecule has 0 unspecified atom stereocenters. The van der Waals surface area contributed by atoms with Crippen LogP contribution in [0, 0.1) is 0 Å². The fourth-order valence-electron chi connectivity index (χ4n) is 2.60. The molecule has 0 aliphatic carbocycles. The molecule has 2 N–H and O–H groups in total. The van der Waals surface area contributed by atoms with E-state index in [-0.39, 0.29) is 0 Å². The summed E-state index contributed by atoms with van der Waals surface area (Å²) >= 11 is 5.88. The van der Waals surface area contributed by atoms with Crippen LogP contribution in [0.3, 0.4) is 0 Å². The number of rotatable bonds is 8. The van der Waals surface area contributed by atoms with E-state index in [1.165, 1.54) is 0 Å². The van der Waals surface area contributed by atoms with Crippen molar-refractivity contribution in [3.8, 4) is 5.75 Å². The van der Waals surface area contributed by atoms with Crippen molar-refractivity contribution < 1.29 is 9.84 Å². The molecule has 3 aromatic rings. The van der Waals surface area contributed by atoms with Crippen molar-refractivity contribution in [1.29, 1.82) is 0 Å². The van der Waals surface area contributed by atoms with Crippen LogP contribution in [0.4, 0.5) is 0 Å². The highest BCUT2D eigenvalue weighted by Crippen LogP contribution is 2.16. The van der Waals surface area contributed by atoms with E-state index in [2.05, 4.69) is 5.32 Å². The Morgan fingerprint density at radius 2 is 1.50 bits per heavy atom. The maximum Gasteiger partial charge on any atom is 0.119 e. The zero-order valence-corrected chi connectivity index (χ0v) is 15.2. The first-order valence-electron chi connectivity index (χ1n) is 8.60. The molecule has 0 aromatic heterocycles. The Bertz CT molecular complexity index is 789. The molecular formula is C22H22ClNO2. The normalized spacial score (nSPS) is 11.9. The molecule has 0 fully saturated rings. The molecule has 3 nitrogen and oxygen atoms in total. The quantitative estimate of drug-likeness (QED) is 0.604. The second kappa shape index (κ2) is 9.39. The molecule has 0 spiro atoms. The average Bonchev–Trinajstić information content (AvgIpc) is 2.69. The van der Waals surface area contributed by atoms with Gasteiger partial charge in [-0.2, -0.15) is 0 Å². The van der Waals surface area contributed by atoms with Gasteiger partial charge in [0, 0.05) is 18.1 Å². The van der Waals surface area contributed by atoms with Gasteiger partial charge in [-0.3, -0.25) is 0 Å². The molecule has 0 bridgehead atoms. The van der Waals surface area contributed by atoms with Crippen LogP contribution in [0.25, 0.3) is 0 Å². The van der Waals surface area contributed by atoms with E-state index in [0.29, 0.717) is 19.7 Å². The van der Waals surface area contributed by atoms with Gasteiger partial charge in [0.05, 0.1) is 6.10 Å². The Kier molecular flexibility index (Phi) is 6.67. The molecule has 0 amide bonds. The summed E-state index contributed by atoms with van der Waals surface area (Å²) in [5.74, 6) is 0.827. The zero-order valence-electron chi connectivity index (χ0n) is 14.4. The molecule has 3 rings (SSSR count).